The maximum absolute atomic E-state index is 6.13. The second-order valence-corrected chi connectivity index (χ2v) is 5.70. The van der Waals surface area contributed by atoms with Crippen LogP contribution in [0.25, 0.3) is 0 Å². The molecule has 1 atom stereocenters. The Morgan fingerprint density at radius 3 is 2.76 bits per heavy atom. The van der Waals surface area contributed by atoms with Gasteiger partial charge in [0.15, 0.2) is 0 Å². The van der Waals surface area contributed by atoms with E-state index in [-0.39, 0.29) is 5.54 Å². The first-order valence-electron chi connectivity index (χ1n) is 6.65. The van der Waals surface area contributed by atoms with Gasteiger partial charge in [-0.05, 0) is 44.7 Å². The van der Waals surface area contributed by atoms with Crippen LogP contribution in [-0.4, -0.2) is 18.1 Å². The molecule has 0 amide bonds. The molecule has 0 aliphatic carbocycles. The lowest BCUT2D eigenvalue weighted by Crippen LogP contribution is -2.54. The van der Waals surface area contributed by atoms with E-state index in [1.807, 2.05) is 0 Å². The number of aryl methyl sites for hydroxylation is 1. The molecule has 1 aromatic rings. The average Bonchev–Trinajstić information content (AvgIpc) is 2.32. The van der Waals surface area contributed by atoms with Crippen LogP contribution < -0.4 is 10.6 Å². The maximum Gasteiger partial charge on any atom is 0.0403 e. The molecule has 1 heterocycles. The third-order valence-corrected chi connectivity index (χ3v) is 3.94. The molecule has 0 bridgehead atoms. The normalized spacial score (nSPS) is 23.8. The summed E-state index contributed by atoms with van der Waals surface area (Å²) in [5, 5.41) is 0. The molecule has 2 rings (SSSR count). The van der Waals surface area contributed by atoms with Gasteiger partial charge in [-0.25, -0.2) is 0 Å². The molecule has 2 heteroatoms. The smallest absolute Gasteiger partial charge is 0.0403 e. The van der Waals surface area contributed by atoms with Crippen LogP contribution in [0.4, 0.5) is 5.69 Å². The molecule has 1 aliphatic rings. The number of para-hydroxylation sites is 1. The minimum absolute atomic E-state index is 0.223. The number of nitrogens with two attached hydrogens (primary N) is 1. The van der Waals surface area contributed by atoms with Crippen molar-refractivity contribution in [2.24, 2.45) is 5.73 Å². The highest BCUT2D eigenvalue weighted by Crippen LogP contribution is 2.34. The van der Waals surface area contributed by atoms with Gasteiger partial charge < -0.3 is 10.6 Å². The van der Waals surface area contributed by atoms with E-state index in [9.17, 15) is 0 Å². The Kier molecular flexibility index (Phi) is 3.43. The number of hydrogen-bond acceptors (Lipinski definition) is 2. The van der Waals surface area contributed by atoms with Gasteiger partial charge in [-0.15, -0.1) is 0 Å². The summed E-state index contributed by atoms with van der Waals surface area (Å²) < 4.78 is 0. The van der Waals surface area contributed by atoms with Gasteiger partial charge >= 0.3 is 0 Å². The van der Waals surface area contributed by atoms with E-state index in [1.165, 1.54) is 17.7 Å². The molecule has 0 aromatic heterocycles. The second kappa shape index (κ2) is 4.69. The van der Waals surface area contributed by atoms with Crippen molar-refractivity contribution in [3.8, 4) is 0 Å². The topological polar surface area (TPSA) is 29.3 Å². The Hall–Kier alpha value is -1.02. The van der Waals surface area contributed by atoms with Crippen molar-refractivity contribution in [1.82, 2.24) is 0 Å². The maximum atomic E-state index is 6.13. The second-order valence-electron chi connectivity index (χ2n) is 5.70. The van der Waals surface area contributed by atoms with Crippen LogP contribution >= 0.6 is 0 Å². The highest BCUT2D eigenvalue weighted by atomic mass is 15.2. The fourth-order valence-electron chi connectivity index (χ4n) is 2.74. The monoisotopic (exact) mass is 232 g/mol. The van der Waals surface area contributed by atoms with Crippen LogP contribution in [0.2, 0.25) is 0 Å². The highest BCUT2D eigenvalue weighted by molar-refractivity contribution is 5.56. The van der Waals surface area contributed by atoms with Crippen LogP contribution in [0, 0.1) is 0 Å². The van der Waals surface area contributed by atoms with Gasteiger partial charge in [-0.1, -0.05) is 25.1 Å². The fraction of sp³-hybridized carbons (Fsp3) is 0.600. The minimum Gasteiger partial charge on any atom is -0.365 e. The predicted octanol–water partition coefficient (Wildman–Crippen LogP) is 2.96. The third-order valence-electron chi connectivity index (χ3n) is 3.94. The van der Waals surface area contributed by atoms with Gasteiger partial charge in [0.25, 0.3) is 0 Å². The predicted molar refractivity (Wildman–Crippen MR) is 74.5 cm³/mol. The number of rotatable bonds is 2. The molecule has 1 aliphatic heterocycles. The van der Waals surface area contributed by atoms with Crippen molar-refractivity contribution in [2.75, 3.05) is 11.4 Å². The van der Waals surface area contributed by atoms with E-state index in [0.717, 1.165) is 19.4 Å². The van der Waals surface area contributed by atoms with E-state index >= 15 is 0 Å². The summed E-state index contributed by atoms with van der Waals surface area (Å²) in [4.78, 5) is 2.50. The molecule has 1 aromatic carbocycles. The lowest BCUT2D eigenvalue weighted by molar-refractivity contribution is 0.334. The highest BCUT2D eigenvalue weighted by Gasteiger charge is 2.33. The van der Waals surface area contributed by atoms with Gasteiger partial charge in [0, 0.05) is 23.8 Å². The third kappa shape index (κ3) is 2.47. The van der Waals surface area contributed by atoms with Crippen LogP contribution in [0.15, 0.2) is 24.3 Å². The zero-order valence-corrected chi connectivity index (χ0v) is 11.2. The molecule has 1 fully saturated rings. The summed E-state index contributed by atoms with van der Waals surface area (Å²) in [7, 11) is 0. The van der Waals surface area contributed by atoms with Crippen molar-refractivity contribution in [1.29, 1.82) is 0 Å². The molecule has 0 saturated carbocycles. The first-order valence-corrected chi connectivity index (χ1v) is 6.65. The Bertz CT molecular complexity index is 384. The first kappa shape index (κ1) is 12.4. The zero-order chi connectivity index (χ0) is 12.5. The number of nitrogens with zero attached hydrogens (tertiary/aromatic N) is 1. The van der Waals surface area contributed by atoms with Crippen molar-refractivity contribution in [3.05, 3.63) is 29.8 Å². The summed E-state index contributed by atoms with van der Waals surface area (Å²) >= 11 is 0. The average molecular weight is 232 g/mol. The van der Waals surface area contributed by atoms with Crippen LogP contribution in [0.1, 0.15) is 39.2 Å². The van der Waals surface area contributed by atoms with E-state index in [0.29, 0.717) is 6.04 Å². The summed E-state index contributed by atoms with van der Waals surface area (Å²) in [6.07, 6.45) is 3.39. The molecule has 1 saturated heterocycles. The largest absolute Gasteiger partial charge is 0.365 e. The first-order chi connectivity index (χ1) is 8.04. The Labute approximate surface area is 105 Å². The van der Waals surface area contributed by atoms with Gasteiger partial charge in [-0.3, -0.25) is 0 Å². The molecule has 17 heavy (non-hydrogen) atoms. The molecule has 1 unspecified atom stereocenters. The lowest BCUT2D eigenvalue weighted by Gasteiger charge is -2.47. The molecule has 0 radical (unpaired) electrons. The van der Waals surface area contributed by atoms with Crippen molar-refractivity contribution >= 4 is 5.69 Å². The van der Waals surface area contributed by atoms with E-state index in [2.05, 4.69) is 49.9 Å². The van der Waals surface area contributed by atoms with Crippen LogP contribution in [0.3, 0.4) is 0 Å². The van der Waals surface area contributed by atoms with E-state index < -0.39 is 0 Å². The molecular weight excluding hydrogens is 208 g/mol. The number of piperidine rings is 1. The summed E-state index contributed by atoms with van der Waals surface area (Å²) in [6, 6.07) is 9.03. The SMILES string of the molecule is CCc1ccccc1N1CC(N)CCC1(C)C. The van der Waals surface area contributed by atoms with E-state index in [4.69, 9.17) is 5.73 Å². The van der Waals surface area contributed by atoms with Gasteiger partial charge in [-0.2, -0.15) is 0 Å². The number of hydrogen-bond donors (Lipinski definition) is 1. The van der Waals surface area contributed by atoms with Gasteiger partial charge in [0.2, 0.25) is 0 Å². The van der Waals surface area contributed by atoms with Gasteiger partial charge in [0.05, 0.1) is 0 Å². The van der Waals surface area contributed by atoms with Crippen molar-refractivity contribution in [3.63, 3.8) is 0 Å². The molecule has 0 spiro atoms. The quantitative estimate of drug-likeness (QED) is 0.849. The van der Waals surface area contributed by atoms with Crippen molar-refractivity contribution in [2.45, 2.75) is 51.6 Å². The zero-order valence-electron chi connectivity index (χ0n) is 11.2. The molecule has 2 N–H and O–H groups in total. The summed E-state index contributed by atoms with van der Waals surface area (Å²) in [5.74, 6) is 0. The summed E-state index contributed by atoms with van der Waals surface area (Å²) in [5.41, 5.74) is 9.15. The van der Waals surface area contributed by atoms with E-state index in [1.54, 1.807) is 0 Å². The standard InChI is InChI=1S/C15H24N2/c1-4-12-7-5-6-8-14(12)17-11-13(16)9-10-15(17,2)3/h5-8,13H,4,9-11,16H2,1-3H3. The summed E-state index contributed by atoms with van der Waals surface area (Å²) in [6.45, 7) is 7.84. The number of benzene rings is 1. The lowest BCUT2D eigenvalue weighted by atomic mass is 9.87. The van der Waals surface area contributed by atoms with Crippen LogP contribution in [-0.2, 0) is 6.42 Å². The minimum atomic E-state index is 0.223. The fourth-order valence-corrected chi connectivity index (χ4v) is 2.74. The van der Waals surface area contributed by atoms with Crippen molar-refractivity contribution < 1.29 is 0 Å². The Morgan fingerprint density at radius 1 is 1.35 bits per heavy atom. The molecule has 2 nitrogen and oxygen atoms in total. The van der Waals surface area contributed by atoms with Gasteiger partial charge in [0.1, 0.15) is 0 Å². The Balaban J connectivity index is 2.36. The molecule has 94 valence electrons. The molecular formula is C15H24N2. The van der Waals surface area contributed by atoms with Crippen LogP contribution in [0.5, 0.6) is 0 Å². The number of anilines is 1. The Morgan fingerprint density at radius 2 is 2.06 bits per heavy atom.